The van der Waals surface area contributed by atoms with Gasteiger partial charge in [-0.3, -0.25) is 0 Å². The lowest BCUT2D eigenvalue weighted by Gasteiger charge is -2.32. The number of rotatable bonds is 5. The smallest absolute Gasteiger partial charge is 0.342 e. The Morgan fingerprint density at radius 2 is 0.969 bits per heavy atom. The summed E-state index contributed by atoms with van der Waals surface area (Å²) in [5.74, 6) is -0.608. The minimum atomic E-state index is -2.35. The zero-order valence-corrected chi connectivity index (χ0v) is 18.8. The van der Waals surface area contributed by atoms with E-state index in [1.165, 1.54) is 15.9 Å². The Morgan fingerprint density at radius 3 is 1.38 bits per heavy atom. The van der Waals surface area contributed by atoms with Crippen LogP contribution in [0.25, 0.3) is 5.57 Å². The van der Waals surface area contributed by atoms with E-state index in [2.05, 4.69) is 79.7 Å². The lowest BCUT2D eigenvalue weighted by Crippen LogP contribution is -2.39. The summed E-state index contributed by atoms with van der Waals surface area (Å²) in [5.41, 5.74) is 2.58. The zero-order chi connectivity index (χ0) is 22.0. The third-order valence-corrected chi connectivity index (χ3v) is 10.6. The van der Waals surface area contributed by atoms with E-state index in [0.29, 0.717) is 5.57 Å². The number of hydrogen-bond acceptors (Lipinski definition) is 2. The van der Waals surface area contributed by atoms with Gasteiger partial charge >= 0.3 is 5.97 Å². The Kier molecular flexibility index (Phi) is 5.47. The molecule has 1 aliphatic heterocycles. The predicted molar refractivity (Wildman–Crippen MR) is 134 cm³/mol. The summed E-state index contributed by atoms with van der Waals surface area (Å²) in [6.45, 7) is 2.06. The van der Waals surface area contributed by atoms with Gasteiger partial charge in [0.1, 0.15) is 15.9 Å². The summed E-state index contributed by atoms with van der Waals surface area (Å²) in [4.78, 5) is 13.3. The summed E-state index contributed by atoms with van der Waals surface area (Å²) >= 11 is 0. The fourth-order valence-corrected chi connectivity index (χ4v) is 9.29. The SMILES string of the molecule is CC1=C(c2ccccc2)C(=O)OC1[P+](c1ccccc1)(c1ccccc1)c1ccccc1. The molecule has 4 aromatic rings. The second-order valence-electron chi connectivity index (χ2n) is 7.91. The van der Waals surface area contributed by atoms with Crippen molar-refractivity contribution in [2.24, 2.45) is 0 Å². The molecular formula is C29H24O2P+. The van der Waals surface area contributed by atoms with E-state index in [1.807, 2.05) is 48.5 Å². The first-order valence-corrected chi connectivity index (χ1v) is 12.6. The van der Waals surface area contributed by atoms with Crippen LogP contribution in [0, 0.1) is 0 Å². The van der Waals surface area contributed by atoms with Crippen LogP contribution in [0.1, 0.15) is 12.5 Å². The third-order valence-electron chi connectivity index (χ3n) is 6.09. The number of carbonyl (C=O) groups excluding carboxylic acids is 1. The summed E-state index contributed by atoms with van der Waals surface area (Å²) in [6.07, 6.45) is 0. The van der Waals surface area contributed by atoms with Crippen LogP contribution in [0.4, 0.5) is 0 Å². The lowest BCUT2D eigenvalue weighted by molar-refractivity contribution is -0.135. The Morgan fingerprint density at radius 1 is 0.594 bits per heavy atom. The molecule has 0 saturated heterocycles. The topological polar surface area (TPSA) is 26.3 Å². The molecule has 0 aromatic heterocycles. The van der Waals surface area contributed by atoms with Crippen molar-refractivity contribution >= 4 is 34.7 Å². The van der Waals surface area contributed by atoms with Crippen LogP contribution >= 0.6 is 7.26 Å². The molecule has 156 valence electrons. The van der Waals surface area contributed by atoms with Gasteiger partial charge in [0, 0.05) is 5.57 Å². The van der Waals surface area contributed by atoms with Crippen molar-refractivity contribution < 1.29 is 9.53 Å². The molecule has 3 heteroatoms. The fraction of sp³-hybridized carbons (Fsp3) is 0.0690. The van der Waals surface area contributed by atoms with E-state index in [4.69, 9.17) is 4.74 Å². The highest BCUT2D eigenvalue weighted by Crippen LogP contribution is 2.64. The molecule has 1 atom stereocenters. The summed E-state index contributed by atoms with van der Waals surface area (Å²) in [7, 11) is -2.35. The first kappa shape index (κ1) is 20.4. The molecule has 0 fully saturated rings. The van der Waals surface area contributed by atoms with Gasteiger partial charge < -0.3 is 4.74 Å². The van der Waals surface area contributed by atoms with E-state index in [9.17, 15) is 4.79 Å². The predicted octanol–water partition coefficient (Wildman–Crippen LogP) is 5.34. The standard InChI is InChI=1S/C29H24O2P/c1-22-27(23-14-6-2-7-15-23)28(30)31-29(22)32(24-16-8-3-9-17-24,25-18-10-4-11-19-25)26-20-12-5-13-21-26/h2-21,29H,1H3/q+1. The van der Waals surface area contributed by atoms with E-state index < -0.39 is 7.26 Å². The molecule has 0 saturated carbocycles. The molecule has 5 rings (SSSR count). The van der Waals surface area contributed by atoms with Crippen molar-refractivity contribution in [3.8, 4) is 0 Å². The third kappa shape index (κ3) is 3.28. The summed E-state index contributed by atoms with van der Waals surface area (Å²) in [6, 6.07) is 41.5. The quantitative estimate of drug-likeness (QED) is 0.313. The van der Waals surface area contributed by atoms with Crippen molar-refractivity contribution in [2.75, 3.05) is 0 Å². The van der Waals surface area contributed by atoms with Crippen molar-refractivity contribution in [1.29, 1.82) is 0 Å². The van der Waals surface area contributed by atoms with Gasteiger partial charge in [-0.15, -0.1) is 0 Å². The van der Waals surface area contributed by atoms with Crippen LogP contribution in [-0.4, -0.2) is 11.8 Å². The van der Waals surface area contributed by atoms with Gasteiger partial charge in [-0.1, -0.05) is 84.9 Å². The highest BCUT2D eigenvalue weighted by atomic mass is 31.2. The Balaban J connectivity index is 1.84. The van der Waals surface area contributed by atoms with Crippen LogP contribution in [0.3, 0.4) is 0 Å². The van der Waals surface area contributed by atoms with Crippen LogP contribution in [-0.2, 0) is 9.53 Å². The van der Waals surface area contributed by atoms with Gasteiger partial charge in [0.2, 0.25) is 5.85 Å². The summed E-state index contributed by atoms with van der Waals surface area (Å²) in [5, 5.41) is 3.59. The van der Waals surface area contributed by atoms with Crippen LogP contribution in [0.5, 0.6) is 0 Å². The van der Waals surface area contributed by atoms with Gasteiger partial charge in [-0.25, -0.2) is 4.79 Å². The second-order valence-corrected chi connectivity index (χ2v) is 11.4. The normalized spacial score (nSPS) is 16.2. The minimum absolute atomic E-state index is 0.245. The zero-order valence-electron chi connectivity index (χ0n) is 17.9. The summed E-state index contributed by atoms with van der Waals surface area (Å²) < 4.78 is 6.31. The number of esters is 1. The molecule has 0 amide bonds. The molecular weight excluding hydrogens is 411 g/mol. The molecule has 2 nitrogen and oxygen atoms in total. The van der Waals surface area contributed by atoms with Gasteiger partial charge in [-0.05, 0) is 48.9 Å². The number of ether oxygens (including phenoxy) is 1. The van der Waals surface area contributed by atoms with E-state index in [-0.39, 0.29) is 11.8 Å². The lowest BCUT2D eigenvalue weighted by atomic mass is 10.0. The van der Waals surface area contributed by atoms with Crippen LogP contribution in [0.15, 0.2) is 127 Å². The molecule has 0 spiro atoms. The van der Waals surface area contributed by atoms with Crippen molar-refractivity contribution in [3.05, 3.63) is 132 Å². The van der Waals surface area contributed by atoms with E-state index in [1.54, 1.807) is 0 Å². The highest BCUT2D eigenvalue weighted by Gasteiger charge is 2.58. The molecule has 0 N–H and O–H groups in total. The van der Waals surface area contributed by atoms with E-state index >= 15 is 0 Å². The minimum Gasteiger partial charge on any atom is -0.418 e. The molecule has 1 aliphatic rings. The fourth-order valence-electron chi connectivity index (χ4n) is 4.70. The van der Waals surface area contributed by atoms with Crippen molar-refractivity contribution in [3.63, 3.8) is 0 Å². The average molecular weight is 435 g/mol. The molecule has 1 unspecified atom stereocenters. The molecule has 1 heterocycles. The van der Waals surface area contributed by atoms with Crippen LogP contribution < -0.4 is 15.9 Å². The average Bonchev–Trinajstić information content (AvgIpc) is 3.16. The van der Waals surface area contributed by atoms with Crippen molar-refractivity contribution in [2.45, 2.75) is 12.8 Å². The Labute approximate surface area is 189 Å². The molecule has 0 aliphatic carbocycles. The largest absolute Gasteiger partial charge is 0.418 e. The number of carbonyl (C=O) groups is 1. The maximum Gasteiger partial charge on any atom is 0.342 e. The van der Waals surface area contributed by atoms with Gasteiger partial charge in [-0.2, -0.15) is 0 Å². The molecule has 32 heavy (non-hydrogen) atoms. The monoisotopic (exact) mass is 435 g/mol. The maximum absolute atomic E-state index is 13.3. The van der Waals surface area contributed by atoms with Gasteiger partial charge in [0.15, 0.2) is 7.26 Å². The first-order chi connectivity index (χ1) is 15.7. The molecule has 4 aromatic carbocycles. The number of benzene rings is 4. The second kappa shape index (κ2) is 8.57. The van der Waals surface area contributed by atoms with Crippen LogP contribution in [0.2, 0.25) is 0 Å². The van der Waals surface area contributed by atoms with Crippen molar-refractivity contribution in [1.82, 2.24) is 0 Å². The molecule has 0 radical (unpaired) electrons. The maximum atomic E-state index is 13.3. The highest BCUT2D eigenvalue weighted by molar-refractivity contribution is 7.96. The first-order valence-electron chi connectivity index (χ1n) is 10.8. The van der Waals surface area contributed by atoms with Gasteiger partial charge in [0.25, 0.3) is 0 Å². The number of cyclic esters (lactones) is 1. The Bertz CT molecular complexity index is 1150. The molecule has 0 bridgehead atoms. The number of hydrogen-bond donors (Lipinski definition) is 0. The van der Waals surface area contributed by atoms with Gasteiger partial charge in [0.05, 0.1) is 5.57 Å². The Hall–Kier alpha value is -3.48. The van der Waals surface area contributed by atoms with E-state index in [0.717, 1.165) is 11.1 Å².